The molecule has 0 saturated heterocycles. The van der Waals surface area contributed by atoms with Gasteiger partial charge < -0.3 is 20.3 Å². The number of aromatic hydroxyl groups is 1. The first kappa shape index (κ1) is 22.6. The molecule has 0 spiro atoms. The number of fused-ring (bicyclic) bond motifs is 3. The summed E-state index contributed by atoms with van der Waals surface area (Å²) in [6.45, 7) is 0.459. The molecule has 5 rings (SSSR count). The summed E-state index contributed by atoms with van der Waals surface area (Å²) < 4.78 is 4.48. The van der Waals surface area contributed by atoms with Gasteiger partial charge in [-0.3, -0.25) is 9.98 Å². The highest BCUT2D eigenvalue weighted by Crippen LogP contribution is 2.31. The molecule has 0 radical (unpaired) electrons. The van der Waals surface area contributed by atoms with Crippen molar-refractivity contribution in [2.24, 2.45) is 12.0 Å². The van der Waals surface area contributed by atoms with Crippen molar-refractivity contribution in [1.29, 1.82) is 5.41 Å². The van der Waals surface area contributed by atoms with E-state index >= 15 is 0 Å². The van der Waals surface area contributed by atoms with Gasteiger partial charge in [-0.1, -0.05) is 42.7 Å². The second-order valence-corrected chi connectivity index (χ2v) is 9.47. The molecule has 1 aliphatic heterocycles. The molecule has 3 aromatic rings. The van der Waals surface area contributed by atoms with Crippen molar-refractivity contribution in [3.05, 3.63) is 74.3 Å². The van der Waals surface area contributed by atoms with Crippen molar-refractivity contribution in [2.75, 3.05) is 5.32 Å². The number of benzene rings is 1. The van der Waals surface area contributed by atoms with E-state index in [-0.39, 0.29) is 17.8 Å². The lowest BCUT2D eigenvalue weighted by Gasteiger charge is -2.25. The molecule has 3 heterocycles. The van der Waals surface area contributed by atoms with Crippen molar-refractivity contribution < 1.29 is 5.11 Å². The number of hydrogen-bond donors (Lipinski definition) is 4. The highest BCUT2D eigenvalue weighted by Gasteiger charge is 2.32. The number of rotatable bonds is 5. The molecule has 2 aromatic heterocycles. The summed E-state index contributed by atoms with van der Waals surface area (Å²) in [5, 5.41) is 26.7. The molecule has 4 N–H and O–H groups in total. The molecular weight excluding hydrogens is 470 g/mol. The second kappa shape index (κ2) is 9.23. The fourth-order valence-corrected chi connectivity index (χ4v) is 5.10. The lowest BCUT2D eigenvalue weighted by Crippen LogP contribution is -2.51. The van der Waals surface area contributed by atoms with E-state index in [4.69, 9.17) is 28.8 Å². The van der Waals surface area contributed by atoms with Crippen LogP contribution in [0, 0.1) is 10.0 Å². The van der Waals surface area contributed by atoms with Crippen molar-refractivity contribution in [1.82, 2.24) is 19.4 Å². The molecule has 8 nitrogen and oxygen atoms in total. The first-order chi connectivity index (χ1) is 16.4. The topological polar surface area (TPSA) is 103 Å². The Balaban J connectivity index is 1.66. The number of pyridine rings is 1. The third-order valence-corrected chi connectivity index (χ3v) is 7.16. The highest BCUT2D eigenvalue weighted by atomic mass is 35.5. The largest absolute Gasteiger partial charge is 0.508 e. The SMILES string of the molecule is Cn1c(=S)/c(=C(/NCc2ccc(Cl)nc2)Nc2ccc(O)cc2)c(=N)n2c1=NC1CCCCC12. The maximum atomic E-state index is 9.69. The molecule has 2 atom stereocenters. The van der Waals surface area contributed by atoms with Crippen molar-refractivity contribution in [3.8, 4) is 5.75 Å². The summed E-state index contributed by atoms with van der Waals surface area (Å²) in [7, 11) is 1.92. The molecule has 2 aliphatic rings. The number of hydrogen-bond acceptors (Lipinski definition) is 7. The highest BCUT2D eigenvalue weighted by molar-refractivity contribution is 7.71. The van der Waals surface area contributed by atoms with Gasteiger partial charge in [-0.25, -0.2) is 9.98 Å². The van der Waals surface area contributed by atoms with E-state index in [2.05, 4.69) is 15.6 Å². The Hall–Kier alpha value is -3.17. The fourth-order valence-electron chi connectivity index (χ4n) is 4.71. The van der Waals surface area contributed by atoms with Gasteiger partial charge in [-0.05, 0) is 48.7 Å². The molecule has 1 saturated carbocycles. The maximum absolute atomic E-state index is 9.69. The average molecular weight is 496 g/mol. The van der Waals surface area contributed by atoms with E-state index < -0.39 is 0 Å². The van der Waals surface area contributed by atoms with Crippen LogP contribution < -0.4 is 27.0 Å². The van der Waals surface area contributed by atoms with Gasteiger partial charge in [0.15, 0.2) is 0 Å². The molecule has 1 aliphatic carbocycles. The number of halogens is 1. The quantitative estimate of drug-likeness (QED) is 0.247. The van der Waals surface area contributed by atoms with Crippen LogP contribution in [0.4, 0.5) is 5.69 Å². The van der Waals surface area contributed by atoms with E-state index in [0.717, 1.165) is 36.1 Å². The zero-order valence-corrected chi connectivity index (χ0v) is 20.3. The van der Waals surface area contributed by atoms with E-state index in [9.17, 15) is 10.5 Å². The number of phenols is 1. The third kappa shape index (κ3) is 4.21. The summed E-state index contributed by atoms with van der Waals surface area (Å²) in [4.78, 5) is 9.09. The minimum absolute atomic E-state index is 0.182. The number of nitrogens with zero attached hydrogens (tertiary/aromatic N) is 4. The summed E-state index contributed by atoms with van der Waals surface area (Å²) in [5.74, 6) is 0.794. The van der Waals surface area contributed by atoms with E-state index in [0.29, 0.717) is 32.9 Å². The van der Waals surface area contributed by atoms with Crippen LogP contribution in [-0.4, -0.2) is 25.3 Å². The van der Waals surface area contributed by atoms with Crippen LogP contribution in [0.1, 0.15) is 37.3 Å². The predicted molar refractivity (Wildman–Crippen MR) is 133 cm³/mol. The summed E-state index contributed by atoms with van der Waals surface area (Å²) in [6, 6.07) is 10.8. The normalized spacial score (nSPS) is 19.6. The Morgan fingerprint density at radius 1 is 1.21 bits per heavy atom. The zero-order chi connectivity index (χ0) is 23.8. The molecule has 2 unspecified atom stereocenters. The predicted octanol–water partition coefficient (Wildman–Crippen LogP) is 2.87. The minimum Gasteiger partial charge on any atom is -0.508 e. The first-order valence-corrected chi connectivity index (χ1v) is 12.1. The summed E-state index contributed by atoms with van der Waals surface area (Å²) in [5.41, 5.74) is 2.81. The van der Waals surface area contributed by atoms with Crippen molar-refractivity contribution in [2.45, 2.75) is 44.3 Å². The van der Waals surface area contributed by atoms with Crippen LogP contribution in [0.3, 0.4) is 0 Å². The third-order valence-electron chi connectivity index (χ3n) is 6.46. The van der Waals surface area contributed by atoms with Crippen LogP contribution in [0.5, 0.6) is 5.75 Å². The van der Waals surface area contributed by atoms with Crippen LogP contribution in [0.15, 0.2) is 47.6 Å². The van der Waals surface area contributed by atoms with E-state index in [1.54, 1.807) is 36.5 Å². The molecule has 10 heteroatoms. The van der Waals surface area contributed by atoms with Crippen LogP contribution in [-0.2, 0) is 13.6 Å². The number of nitrogens with one attached hydrogen (secondary N) is 3. The summed E-state index contributed by atoms with van der Waals surface area (Å²) >= 11 is 11.8. The molecule has 1 fully saturated rings. The Labute approximate surface area is 206 Å². The fraction of sp³-hybridized carbons (Fsp3) is 0.333. The minimum atomic E-state index is 0.182. The van der Waals surface area contributed by atoms with Crippen molar-refractivity contribution in [3.63, 3.8) is 0 Å². The Morgan fingerprint density at radius 2 is 1.97 bits per heavy atom. The Bertz CT molecular complexity index is 1460. The lowest BCUT2D eigenvalue weighted by molar-refractivity contribution is 0.321. The van der Waals surface area contributed by atoms with Gasteiger partial charge in [0.2, 0.25) is 5.62 Å². The van der Waals surface area contributed by atoms with Crippen LogP contribution in [0.25, 0.3) is 5.82 Å². The van der Waals surface area contributed by atoms with E-state index in [1.165, 1.54) is 6.42 Å². The van der Waals surface area contributed by atoms with E-state index in [1.807, 2.05) is 22.2 Å². The molecule has 1 aromatic carbocycles. The summed E-state index contributed by atoms with van der Waals surface area (Å²) in [6.07, 6.45) is 6.07. The Morgan fingerprint density at radius 3 is 2.71 bits per heavy atom. The Kier molecular flexibility index (Phi) is 6.14. The number of phenolic OH excluding ortho intramolecular Hbond substituents is 1. The van der Waals surface area contributed by atoms with Gasteiger partial charge >= 0.3 is 0 Å². The lowest BCUT2D eigenvalue weighted by atomic mass is 9.91. The van der Waals surface area contributed by atoms with Crippen molar-refractivity contribution >= 4 is 35.3 Å². The molecular formula is C24H26ClN7OS. The van der Waals surface area contributed by atoms with Gasteiger partial charge in [0.05, 0.1) is 17.3 Å². The smallest absolute Gasteiger partial charge is 0.208 e. The molecule has 0 amide bonds. The standard InChI is InChI=1S/C24H26ClN7OS/c1-31-23(34)20(21(26)32-18-5-3-2-4-17(18)30-24(31)32)22(29-15-7-9-16(33)10-8-15)28-13-14-6-11-19(25)27-12-14/h6-12,17-18,26,28-29,33H,2-5,13H2,1H3/b22-20-,26-21?. The van der Waals surface area contributed by atoms with Gasteiger partial charge in [0, 0.05) is 25.5 Å². The van der Waals surface area contributed by atoms with Crippen LogP contribution >= 0.6 is 23.8 Å². The zero-order valence-electron chi connectivity index (χ0n) is 18.8. The van der Waals surface area contributed by atoms with Gasteiger partial charge in [0.1, 0.15) is 26.9 Å². The maximum Gasteiger partial charge on any atom is 0.208 e. The average Bonchev–Trinajstić information content (AvgIpc) is 3.23. The van der Waals surface area contributed by atoms with Gasteiger partial charge in [0.25, 0.3) is 0 Å². The van der Waals surface area contributed by atoms with Gasteiger partial charge in [-0.2, -0.15) is 0 Å². The molecule has 176 valence electrons. The second-order valence-electron chi connectivity index (χ2n) is 8.70. The molecule has 0 bridgehead atoms. The number of aromatic nitrogens is 3. The molecule has 34 heavy (non-hydrogen) atoms. The van der Waals surface area contributed by atoms with Gasteiger partial charge in [-0.15, -0.1) is 0 Å². The first-order valence-electron chi connectivity index (χ1n) is 11.3. The monoisotopic (exact) mass is 495 g/mol. The number of anilines is 1. The van der Waals surface area contributed by atoms with Crippen LogP contribution in [0.2, 0.25) is 5.15 Å².